The summed E-state index contributed by atoms with van der Waals surface area (Å²) in [5.41, 5.74) is 0. The van der Waals surface area contributed by atoms with Crippen molar-refractivity contribution in [3.63, 3.8) is 0 Å². The van der Waals surface area contributed by atoms with Crippen LogP contribution in [0.5, 0.6) is 0 Å². The summed E-state index contributed by atoms with van der Waals surface area (Å²) in [6.07, 6.45) is 1.79. The summed E-state index contributed by atoms with van der Waals surface area (Å²) in [7, 11) is -3.22. The van der Waals surface area contributed by atoms with Crippen molar-refractivity contribution in [3.05, 3.63) is 0 Å². The highest BCUT2D eigenvalue weighted by Gasteiger charge is 2.40. The highest BCUT2D eigenvalue weighted by molar-refractivity contribution is 7.92. The third-order valence-electron chi connectivity index (χ3n) is 3.23. The van der Waals surface area contributed by atoms with Gasteiger partial charge in [-0.2, -0.15) is 0 Å². The Balaban J connectivity index is 2.92. The fraction of sp³-hybridized carbons (Fsp3) is 0.900. The van der Waals surface area contributed by atoms with Gasteiger partial charge in [0.2, 0.25) is 0 Å². The molecule has 0 saturated heterocycles. The molecule has 1 fully saturated rings. The number of sulfone groups is 1. The van der Waals surface area contributed by atoms with Gasteiger partial charge in [-0.3, -0.25) is 4.79 Å². The van der Waals surface area contributed by atoms with Gasteiger partial charge >= 0.3 is 5.97 Å². The third-order valence-corrected chi connectivity index (χ3v) is 5.52. The normalized spacial score (nSPS) is 32.5. The minimum Gasteiger partial charge on any atom is -0.481 e. The van der Waals surface area contributed by atoms with E-state index in [0.29, 0.717) is 18.8 Å². The van der Waals surface area contributed by atoms with Crippen molar-refractivity contribution >= 4 is 15.8 Å². The van der Waals surface area contributed by atoms with Crippen LogP contribution >= 0.6 is 0 Å². The molecule has 5 heteroatoms. The molecule has 15 heavy (non-hydrogen) atoms. The maximum Gasteiger partial charge on any atom is 0.307 e. The van der Waals surface area contributed by atoms with Crippen LogP contribution in [0.1, 0.15) is 33.1 Å². The van der Waals surface area contributed by atoms with Gasteiger partial charge in [-0.1, -0.05) is 13.8 Å². The molecule has 1 rings (SSSR count). The number of carboxylic acids is 1. The lowest BCUT2D eigenvalue weighted by atomic mass is 9.82. The maximum absolute atomic E-state index is 11.7. The standard InChI is InChI=1S/C10H18O4S/c1-3-15(13,14)9-5-4-7(2)6-8(9)10(11)12/h7-9H,3-6H2,1-2H3,(H,11,12). The highest BCUT2D eigenvalue weighted by atomic mass is 32.2. The highest BCUT2D eigenvalue weighted by Crippen LogP contribution is 2.33. The van der Waals surface area contributed by atoms with E-state index in [9.17, 15) is 13.2 Å². The molecule has 3 atom stereocenters. The summed E-state index contributed by atoms with van der Waals surface area (Å²) in [6.45, 7) is 3.55. The molecule has 1 aliphatic carbocycles. The smallest absolute Gasteiger partial charge is 0.307 e. The van der Waals surface area contributed by atoms with Crippen LogP contribution in [-0.2, 0) is 14.6 Å². The average molecular weight is 234 g/mol. The third kappa shape index (κ3) is 2.71. The number of aliphatic carboxylic acids is 1. The Morgan fingerprint density at radius 3 is 2.47 bits per heavy atom. The topological polar surface area (TPSA) is 71.4 Å². The number of carboxylic acid groups (broad SMARTS) is 1. The van der Waals surface area contributed by atoms with Gasteiger partial charge in [-0.25, -0.2) is 8.42 Å². The predicted octanol–water partition coefficient (Wildman–Crippen LogP) is 1.31. The molecule has 0 aromatic carbocycles. The molecular formula is C10H18O4S. The lowest BCUT2D eigenvalue weighted by molar-refractivity contribution is -0.143. The predicted molar refractivity (Wildman–Crippen MR) is 57.4 cm³/mol. The van der Waals surface area contributed by atoms with E-state index in [1.165, 1.54) is 0 Å². The molecule has 4 nitrogen and oxygen atoms in total. The molecule has 0 aromatic heterocycles. The number of hydrogen-bond acceptors (Lipinski definition) is 3. The first-order chi connectivity index (χ1) is 6.88. The zero-order valence-electron chi connectivity index (χ0n) is 9.14. The second-order valence-electron chi connectivity index (χ2n) is 4.35. The molecule has 88 valence electrons. The average Bonchev–Trinajstić information content (AvgIpc) is 2.17. The lowest BCUT2D eigenvalue weighted by Gasteiger charge is -2.31. The molecule has 0 heterocycles. The van der Waals surface area contributed by atoms with Gasteiger partial charge < -0.3 is 5.11 Å². The van der Waals surface area contributed by atoms with Crippen LogP contribution in [-0.4, -0.2) is 30.5 Å². The van der Waals surface area contributed by atoms with E-state index in [2.05, 4.69) is 0 Å². The van der Waals surface area contributed by atoms with Crippen molar-refractivity contribution in [2.45, 2.75) is 38.4 Å². The summed E-state index contributed by atoms with van der Waals surface area (Å²) in [6, 6.07) is 0. The van der Waals surface area contributed by atoms with Crippen LogP contribution < -0.4 is 0 Å². The monoisotopic (exact) mass is 234 g/mol. The summed E-state index contributed by atoms with van der Waals surface area (Å²) >= 11 is 0. The first-order valence-electron chi connectivity index (χ1n) is 5.32. The number of hydrogen-bond donors (Lipinski definition) is 1. The van der Waals surface area contributed by atoms with E-state index in [1.807, 2.05) is 6.92 Å². The van der Waals surface area contributed by atoms with Crippen molar-refractivity contribution in [2.75, 3.05) is 5.75 Å². The Morgan fingerprint density at radius 1 is 1.40 bits per heavy atom. The number of rotatable bonds is 3. The molecular weight excluding hydrogens is 216 g/mol. The molecule has 1 N–H and O–H groups in total. The molecule has 0 aliphatic heterocycles. The second kappa shape index (κ2) is 4.51. The Hall–Kier alpha value is -0.580. The van der Waals surface area contributed by atoms with Gasteiger partial charge in [0.05, 0.1) is 11.2 Å². The molecule has 1 saturated carbocycles. The zero-order valence-corrected chi connectivity index (χ0v) is 9.96. The van der Waals surface area contributed by atoms with E-state index in [1.54, 1.807) is 6.92 Å². The molecule has 0 aromatic rings. The molecule has 0 spiro atoms. The SMILES string of the molecule is CCS(=O)(=O)C1CCC(C)CC1C(=O)O. The minimum absolute atomic E-state index is 0.0375. The molecule has 0 amide bonds. The van der Waals surface area contributed by atoms with Gasteiger partial charge in [-0.15, -0.1) is 0 Å². The van der Waals surface area contributed by atoms with Crippen LogP contribution in [0.2, 0.25) is 0 Å². The van der Waals surface area contributed by atoms with Crippen molar-refractivity contribution in [3.8, 4) is 0 Å². The molecule has 0 radical (unpaired) electrons. The van der Waals surface area contributed by atoms with Gasteiger partial charge in [0.1, 0.15) is 0 Å². The first kappa shape index (κ1) is 12.5. The summed E-state index contributed by atoms with van der Waals surface area (Å²) < 4.78 is 23.4. The minimum atomic E-state index is -3.22. The van der Waals surface area contributed by atoms with E-state index in [0.717, 1.165) is 6.42 Å². The van der Waals surface area contributed by atoms with Crippen molar-refractivity contribution in [2.24, 2.45) is 11.8 Å². The van der Waals surface area contributed by atoms with Crippen molar-refractivity contribution < 1.29 is 18.3 Å². The summed E-state index contributed by atoms with van der Waals surface area (Å²) in [5.74, 6) is -1.33. The van der Waals surface area contributed by atoms with Crippen LogP contribution in [0.25, 0.3) is 0 Å². The number of carbonyl (C=O) groups is 1. The van der Waals surface area contributed by atoms with Gasteiger partial charge in [-0.05, 0) is 25.2 Å². The second-order valence-corrected chi connectivity index (χ2v) is 6.86. The first-order valence-corrected chi connectivity index (χ1v) is 7.04. The molecule has 3 unspecified atom stereocenters. The van der Waals surface area contributed by atoms with E-state index >= 15 is 0 Å². The van der Waals surface area contributed by atoms with Crippen LogP contribution in [0.3, 0.4) is 0 Å². The van der Waals surface area contributed by atoms with Crippen LogP contribution in [0.15, 0.2) is 0 Å². The Bertz CT molecular complexity index is 333. The van der Waals surface area contributed by atoms with Crippen molar-refractivity contribution in [1.82, 2.24) is 0 Å². The Kier molecular flexibility index (Phi) is 3.76. The maximum atomic E-state index is 11.7. The van der Waals surface area contributed by atoms with Crippen molar-refractivity contribution in [1.29, 1.82) is 0 Å². The summed E-state index contributed by atoms with van der Waals surface area (Å²) in [4.78, 5) is 11.0. The van der Waals surface area contributed by atoms with Crippen LogP contribution in [0.4, 0.5) is 0 Å². The van der Waals surface area contributed by atoms with E-state index < -0.39 is 27.0 Å². The zero-order chi connectivity index (χ0) is 11.6. The van der Waals surface area contributed by atoms with Gasteiger partial charge in [0, 0.05) is 5.75 Å². The molecule has 1 aliphatic rings. The van der Waals surface area contributed by atoms with E-state index in [4.69, 9.17) is 5.11 Å². The largest absolute Gasteiger partial charge is 0.481 e. The van der Waals surface area contributed by atoms with Gasteiger partial charge in [0.25, 0.3) is 0 Å². The van der Waals surface area contributed by atoms with Gasteiger partial charge in [0.15, 0.2) is 9.84 Å². The molecule has 0 bridgehead atoms. The Morgan fingerprint density at radius 2 is 2.00 bits per heavy atom. The lowest BCUT2D eigenvalue weighted by Crippen LogP contribution is -2.40. The Labute approximate surface area is 90.6 Å². The quantitative estimate of drug-likeness (QED) is 0.799. The summed E-state index contributed by atoms with van der Waals surface area (Å²) in [5, 5.41) is 8.35. The fourth-order valence-electron chi connectivity index (χ4n) is 2.26. The fourth-order valence-corrected chi connectivity index (χ4v) is 3.91. The van der Waals surface area contributed by atoms with Crippen LogP contribution in [0, 0.1) is 11.8 Å². The van der Waals surface area contributed by atoms with E-state index in [-0.39, 0.29) is 5.75 Å².